The molecule has 2 amide bonds. The molecule has 0 aliphatic heterocycles. The molecule has 0 unspecified atom stereocenters. The maximum Gasteiger partial charge on any atom is 0.244 e. The summed E-state index contributed by atoms with van der Waals surface area (Å²) in [5.74, 6) is -0.514. The van der Waals surface area contributed by atoms with Crippen molar-refractivity contribution < 1.29 is 14.3 Å². The van der Waals surface area contributed by atoms with E-state index in [9.17, 15) is 9.59 Å². The molecular weight excluding hydrogens is 268 g/mol. The Morgan fingerprint density at radius 1 is 1.24 bits per heavy atom. The number of hydrogen-bond donors (Lipinski definition) is 2. The second-order valence-electron chi connectivity index (χ2n) is 4.70. The van der Waals surface area contributed by atoms with Crippen LogP contribution in [0.25, 0.3) is 5.57 Å². The van der Waals surface area contributed by atoms with Crippen LogP contribution in [0.5, 0.6) is 0 Å². The predicted molar refractivity (Wildman–Crippen MR) is 82.7 cm³/mol. The SMILES string of the molecule is COCCNC(=O)CNC(=O)/C=C(\C)c1ccccc1C. The summed E-state index contributed by atoms with van der Waals surface area (Å²) >= 11 is 0. The molecule has 0 radical (unpaired) electrons. The van der Waals surface area contributed by atoms with E-state index in [2.05, 4.69) is 10.6 Å². The minimum atomic E-state index is -0.280. The van der Waals surface area contributed by atoms with Crippen molar-refractivity contribution in [2.24, 2.45) is 0 Å². The molecule has 0 spiro atoms. The molecule has 5 nitrogen and oxygen atoms in total. The zero-order valence-corrected chi connectivity index (χ0v) is 12.7. The molecule has 0 aliphatic rings. The van der Waals surface area contributed by atoms with Crippen LogP contribution in [-0.4, -0.2) is 38.6 Å². The maximum absolute atomic E-state index is 11.8. The number of benzene rings is 1. The Bertz CT molecular complexity index is 524. The number of aryl methyl sites for hydroxylation is 1. The standard InChI is InChI=1S/C16H22N2O3/c1-12-6-4-5-7-14(12)13(2)10-15(19)18-11-16(20)17-8-9-21-3/h4-7,10H,8-9,11H2,1-3H3,(H,17,20)(H,18,19)/b13-10+. The topological polar surface area (TPSA) is 67.4 Å². The Kier molecular flexibility index (Phi) is 7.18. The molecule has 0 atom stereocenters. The highest BCUT2D eigenvalue weighted by atomic mass is 16.5. The lowest BCUT2D eigenvalue weighted by atomic mass is 10.0. The van der Waals surface area contributed by atoms with Crippen LogP contribution in [0.1, 0.15) is 18.1 Å². The highest BCUT2D eigenvalue weighted by Gasteiger charge is 2.05. The molecule has 0 saturated heterocycles. The van der Waals surface area contributed by atoms with Gasteiger partial charge in [-0.15, -0.1) is 0 Å². The Hall–Kier alpha value is -2.14. The van der Waals surface area contributed by atoms with Gasteiger partial charge >= 0.3 is 0 Å². The molecule has 5 heteroatoms. The van der Waals surface area contributed by atoms with Gasteiger partial charge in [0.1, 0.15) is 0 Å². The largest absolute Gasteiger partial charge is 0.383 e. The molecule has 0 aliphatic carbocycles. The van der Waals surface area contributed by atoms with Crippen LogP contribution in [0, 0.1) is 6.92 Å². The Labute approximate surface area is 125 Å². The van der Waals surface area contributed by atoms with E-state index in [4.69, 9.17) is 4.74 Å². The summed E-state index contributed by atoms with van der Waals surface area (Å²) in [4.78, 5) is 23.2. The number of methoxy groups -OCH3 is 1. The second kappa shape index (κ2) is 8.92. The van der Waals surface area contributed by atoms with Crippen molar-refractivity contribution >= 4 is 17.4 Å². The van der Waals surface area contributed by atoms with Gasteiger partial charge in [-0.1, -0.05) is 24.3 Å². The molecule has 0 aromatic heterocycles. The second-order valence-corrected chi connectivity index (χ2v) is 4.70. The summed E-state index contributed by atoms with van der Waals surface area (Å²) in [6.07, 6.45) is 1.50. The third-order valence-corrected chi connectivity index (χ3v) is 2.97. The highest BCUT2D eigenvalue weighted by molar-refractivity contribution is 5.97. The number of allylic oxidation sites excluding steroid dienone is 1. The minimum Gasteiger partial charge on any atom is -0.383 e. The normalized spacial score (nSPS) is 11.1. The predicted octanol–water partition coefficient (Wildman–Crippen LogP) is 1.28. The van der Waals surface area contributed by atoms with Crippen molar-refractivity contribution in [1.29, 1.82) is 0 Å². The van der Waals surface area contributed by atoms with E-state index in [0.29, 0.717) is 13.2 Å². The van der Waals surface area contributed by atoms with Crippen molar-refractivity contribution in [3.05, 3.63) is 41.5 Å². The van der Waals surface area contributed by atoms with E-state index in [0.717, 1.165) is 16.7 Å². The van der Waals surface area contributed by atoms with Crippen LogP contribution >= 0.6 is 0 Å². The summed E-state index contributed by atoms with van der Waals surface area (Å²) < 4.78 is 4.82. The van der Waals surface area contributed by atoms with Crippen LogP contribution in [0.15, 0.2) is 30.3 Å². The molecule has 1 rings (SSSR count). The molecule has 1 aromatic rings. The molecular formula is C16H22N2O3. The van der Waals surface area contributed by atoms with E-state index < -0.39 is 0 Å². The van der Waals surface area contributed by atoms with E-state index >= 15 is 0 Å². The van der Waals surface area contributed by atoms with Gasteiger partial charge in [0.2, 0.25) is 11.8 Å². The van der Waals surface area contributed by atoms with E-state index in [-0.39, 0.29) is 18.4 Å². The van der Waals surface area contributed by atoms with Gasteiger partial charge in [0.15, 0.2) is 0 Å². The Morgan fingerprint density at radius 2 is 1.95 bits per heavy atom. The fraction of sp³-hybridized carbons (Fsp3) is 0.375. The quantitative estimate of drug-likeness (QED) is 0.587. The average Bonchev–Trinajstić information content (AvgIpc) is 2.46. The number of rotatable bonds is 7. The summed E-state index contributed by atoms with van der Waals surface area (Å²) in [7, 11) is 1.56. The maximum atomic E-state index is 11.8. The lowest BCUT2D eigenvalue weighted by Gasteiger charge is -2.07. The van der Waals surface area contributed by atoms with Gasteiger partial charge < -0.3 is 15.4 Å². The van der Waals surface area contributed by atoms with Crippen molar-refractivity contribution in [1.82, 2.24) is 10.6 Å². The van der Waals surface area contributed by atoms with Crippen LogP contribution < -0.4 is 10.6 Å². The Morgan fingerprint density at radius 3 is 2.62 bits per heavy atom. The van der Waals surface area contributed by atoms with Gasteiger partial charge in [0, 0.05) is 19.7 Å². The summed E-state index contributed by atoms with van der Waals surface area (Å²) in [5.41, 5.74) is 3.00. The smallest absolute Gasteiger partial charge is 0.244 e. The van der Waals surface area contributed by atoms with E-state index in [1.54, 1.807) is 7.11 Å². The van der Waals surface area contributed by atoms with Gasteiger partial charge in [-0.3, -0.25) is 9.59 Å². The first-order valence-electron chi connectivity index (χ1n) is 6.82. The molecule has 0 fully saturated rings. The molecule has 114 valence electrons. The highest BCUT2D eigenvalue weighted by Crippen LogP contribution is 2.17. The van der Waals surface area contributed by atoms with E-state index in [1.807, 2.05) is 38.1 Å². The number of carbonyl (C=O) groups excluding carboxylic acids is 2. The summed E-state index contributed by atoms with van der Waals surface area (Å²) in [6.45, 7) is 4.71. The van der Waals surface area contributed by atoms with Gasteiger partial charge in [-0.25, -0.2) is 0 Å². The lowest BCUT2D eigenvalue weighted by molar-refractivity contribution is -0.124. The minimum absolute atomic E-state index is 0.0416. The number of hydrogen-bond acceptors (Lipinski definition) is 3. The van der Waals surface area contributed by atoms with Crippen molar-refractivity contribution in [2.45, 2.75) is 13.8 Å². The molecule has 2 N–H and O–H groups in total. The molecule has 0 saturated carbocycles. The fourth-order valence-electron chi connectivity index (χ4n) is 1.86. The van der Waals surface area contributed by atoms with Gasteiger partial charge in [-0.05, 0) is 30.5 Å². The van der Waals surface area contributed by atoms with Crippen LogP contribution in [0.4, 0.5) is 0 Å². The Balaban J connectivity index is 2.47. The van der Waals surface area contributed by atoms with Gasteiger partial charge in [0.25, 0.3) is 0 Å². The van der Waals surface area contributed by atoms with Crippen molar-refractivity contribution in [3.8, 4) is 0 Å². The third kappa shape index (κ3) is 6.23. The first kappa shape index (κ1) is 16.9. The zero-order chi connectivity index (χ0) is 15.7. The zero-order valence-electron chi connectivity index (χ0n) is 12.7. The lowest BCUT2D eigenvalue weighted by Crippen LogP contribution is -2.37. The van der Waals surface area contributed by atoms with Gasteiger partial charge in [0.05, 0.1) is 13.2 Å². The molecule has 0 bridgehead atoms. The molecule has 0 heterocycles. The van der Waals surface area contributed by atoms with Crippen molar-refractivity contribution in [2.75, 3.05) is 26.8 Å². The fourth-order valence-corrected chi connectivity index (χ4v) is 1.86. The molecule has 1 aromatic carbocycles. The van der Waals surface area contributed by atoms with E-state index in [1.165, 1.54) is 6.08 Å². The van der Waals surface area contributed by atoms with Crippen LogP contribution in [-0.2, 0) is 14.3 Å². The monoisotopic (exact) mass is 290 g/mol. The van der Waals surface area contributed by atoms with Crippen LogP contribution in [0.3, 0.4) is 0 Å². The average molecular weight is 290 g/mol. The van der Waals surface area contributed by atoms with Gasteiger partial charge in [-0.2, -0.15) is 0 Å². The van der Waals surface area contributed by atoms with Crippen molar-refractivity contribution in [3.63, 3.8) is 0 Å². The third-order valence-electron chi connectivity index (χ3n) is 2.97. The summed E-state index contributed by atoms with van der Waals surface area (Å²) in [6, 6.07) is 7.84. The number of ether oxygens (including phenoxy) is 1. The first-order chi connectivity index (χ1) is 10.0. The van der Waals surface area contributed by atoms with Crippen LogP contribution in [0.2, 0.25) is 0 Å². The molecule has 21 heavy (non-hydrogen) atoms. The number of carbonyl (C=O) groups is 2. The number of amides is 2. The first-order valence-corrected chi connectivity index (χ1v) is 6.82. The number of nitrogens with one attached hydrogen (secondary N) is 2. The summed E-state index contributed by atoms with van der Waals surface area (Å²) in [5, 5.41) is 5.20.